The molecule has 4 aromatic heterocycles. The molecule has 2 N–H and O–H groups in total. The highest BCUT2D eigenvalue weighted by Gasteiger charge is 2.22. The van der Waals surface area contributed by atoms with Crippen molar-refractivity contribution in [3.63, 3.8) is 0 Å². The van der Waals surface area contributed by atoms with Crippen molar-refractivity contribution in [2.75, 3.05) is 18.5 Å². The van der Waals surface area contributed by atoms with Crippen LogP contribution in [-0.4, -0.2) is 47.7 Å². The van der Waals surface area contributed by atoms with Gasteiger partial charge < -0.3 is 19.6 Å². The number of nitrogens with zero attached hydrogens (tertiary/aromatic N) is 7. The molecule has 10 nitrogen and oxygen atoms in total. The van der Waals surface area contributed by atoms with Gasteiger partial charge in [-0.05, 0) is 32.9 Å². The number of likely N-dealkylation sites (N-methyl/N-ethyl adjacent to an activating group) is 1. The molecule has 1 atom stereocenters. The van der Waals surface area contributed by atoms with E-state index in [0.29, 0.717) is 35.9 Å². The van der Waals surface area contributed by atoms with Crippen LogP contribution >= 0.6 is 0 Å². The van der Waals surface area contributed by atoms with E-state index in [2.05, 4.69) is 9.97 Å². The Hall–Kier alpha value is -3.40. The molecular weight excluding hydrogens is 396 g/mol. The van der Waals surface area contributed by atoms with Crippen molar-refractivity contribution in [3.8, 4) is 0 Å². The van der Waals surface area contributed by atoms with Gasteiger partial charge in [-0.3, -0.25) is 13.9 Å². The molecule has 4 heterocycles. The predicted octanol–water partition coefficient (Wildman–Crippen LogP) is 0.704. The van der Waals surface area contributed by atoms with Crippen molar-refractivity contribution >= 4 is 22.8 Å². The topological polar surface area (TPSA) is 108 Å². The van der Waals surface area contributed by atoms with Crippen molar-refractivity contribution in [2.24, 2.45) is 12.8 Å². The van der Waals surface area contributed by atoms with Crippen LogP contribution in [-0.2, 0) is 20.1 Å². The molecule has 0 radical (unpaired) electrons. The summed E-state index contributed by atoms with van der Waals surface area (Å²) in [5.74, 6) is 0.614. The number of nitrogens with two attached hydrogens (primary N) is 1. The van der Waals surface area contributed by atoms with E-state index in [9.17, 15) is 9.59 Å². The number of hydrogen-bond acceptors (Lipinski definition) is 6. The first-order valence-electron chi connectivity index (χ1n) is 10.3. The molecule has 0 aliphatic carbocycles. The Kier molecular flexibility index (Phi) is 5.18. The van der Waals surface area contributed by atoms with E-state index in [1.807, 2.05) is 66.1 Å². The molecule has 0 bridgehead atoms. The maximum atomic E-state index is 13.4. The van der Waals surface area contributed by atoms with Crippen LogP contribution in [0.25, 0.3) is 16.8 Å². The zero-order chi connectivity index (χ0) is 22.4. The first-order chi connectivity index (χ1) is 14.7. The van der Waals surface area contributed by atoms with Gasteiger partial charge in [-0.2, -0.15) is 4.98 Å². The molecule has 1 unspecified atom stereocenters. The fourth-order valence-electron chi connectivity index (χ4n) is 4.04. The van der Waals surface area contributed by atoms with Crippen LogP contribution in [0.5, 0.6) is 0 Å². The average molecular weight is 425 g/mol. The third kappa shape index (κ3) is 3.42. The van der Waals surface area contributed by atoms with E-state index < -0.39 is 5.69 Å². The molecule has 0 amide bonds. The van der Waals surface area contributed by atoms with Crippen molar-refractivity contribution in [3.05, 3.63) is 56.6 Å². The summed E-state index contributed by atoms with van der Waals surface area (Å²) in [4.78, 5) is 37.6. The first kappa shape index (κ1) is 20.9. The van der Waals surface area contributed by atoms with E-state index in [1.54, 1.807) is 7.05 Å². The molecule has 4 rings (SSSR count). The van der Waals surface area contributed by atoms with Crippen LogP contribution in [0.3, 0.4) is 0 Å². The molecule has 0 aliphatic rings. The lowest BCUT2D eigenvalue weighted by molar-refractivity contribution is 0.643. The number of fused-ring (bicyclic) bond motifs is 2. The molecule has 10 heteroatoms. The molecule has 0 fully saturated rings. The van der Waals surface area contributed by atoms with Crippen molar-refractivity contribution in [1.29, 1.82) is 0 Å². The molecule has 0 spiro atoms. The van der Waals surface area contributed by atoms with Crippen molar-refractivity contribution < 1.29 is 0 Å². The van der Waals surface area contributed by atoms with Gasteiger partial charge in [-0.25, -0.2) is 9.78 Å². The number of rotatable bonds is 6. The summed E-state index contributed by atoms with van der Waals surface area (Å²) in [6.07, 6.45) is 1.86. The fourth-order valence-corrected chi connectivity index (χ4v) is 4.04. The van der Waals surface area contributed by atoms with Crippen LogP contribution in [0.4, 0.5) is 5.95 Å². The van der Waals surface area contributed by atoms with Gasteiger partial charge in [0.05, 0.1) is 12.2 Å². The quantitative estimate of drug-likeness (QED) is 0.488. The van der Waals surface area contributed by atoms with Crippen molar-refractivity contribution in [1.82, 2.24) is 28.1 Å². The second-order valence-corrected chi connectivity index (χ2v) is 8.05. The number of hydrogen-bond donors (Lipinski definition) is 1. The zero-order valence-corrected chi connectivity index (χ0v) is 18.5. The highest BCUT2D eigenvalue weighted by atomic mass is 16.2. The van der Waals surface area contributed by atoms with Gasteiger partial charge in [0.25, 0.3) is 5.56 Å². The van der Waals surface area contributed by atoms with Gasteiger partial charge >= 0.3 is 5.69 Å². The zero-order valence-electron chi connectivity index (χ0n) is 18.5. The minimum Gasteiger partial charge on any atom is -0.344 e. The maximum Gasteiger partial charge on any atom is 0.332 e. The first-order valence-corrected chi connectivity index (χ1v) is 10.3. The molecular formula is C21H28N8O2. The summed E-state index contributed by atoms with van der Waals surface area (Å²) in [6.45, 7) is 7.04. The minimum atomic E-state index is -0.423. The summed E-state index contributed by atoms with van der Waals surface area (Å²) in [5.41, 5.74) is 8.36. The molecule has 0 saturated heterocycles. The molecule has 164 valence electrons. The Morgan fingerprint density at radius 2 is 1.94 bits per heavy atom. The molecule has 0 aromatic carbocycles. The molecule has 0 aliphatic heterocycles. The number of anilines is 1. The number of pyridine rings is 1. The summed E-state index contributed by atoms with van der Waals surface area (Å²) in [6, 6.07) is 5.75. The van der Waals surface area contributed by atoms with Gasteiger partial charge in [0.2, 0.25) is 5.95 Å². The third-order valence-corrected chi connectivity index (χ3v) is 5.50. The van der Waals surface area contributed by atoms with Gasteiger partial charge in [0.1, 0.15) is 5.65 Å². The van der Waals surface area contributed by atoms with E-state index in [-0.39, 0.29) is 18.1 Å². The van der Waals surface area contributed by atoms with E-state index in [0.717, 1.165) is 11.3 Å². The van der Waals surface area contributed by atoms with Gasteiger partial charge in [0, 0.05) is 45.1 Å². The summed E-state index contributed by atoms with van der Waals surface area (Å²) < 4.78 is 6.43. The Labute approximate surface area is 179 Å². The SMILES string of the molecule is CCn1c(N(C)CC(C)N)nc2c1c(=O)n(Cc1cn3c(C)cccc3n1)c(=O)n2C. The summed E-state index contributed by atoms with van der Waals surface area (Å²) >= 11 is 0. The van der Waals surface area contributed by atoms with E-state index in [4.69, 9.17) is 5.73 Å². The summed E-state index contributed by atoms with van der Waals surface area (Å²) in [5, 5.41) is 0. The van der Waals surface area contributed by atoms with Gasteiger partial charge in [0.15, 0.2) is 11.2 Å². The van der Waals surface area contributed by atoms with Gasteiger partial charge in [-0.15, -0.1) is 0 Å². The van der Waals surface area contributed by atoms with Crippen LogP contribution < -0.4 is 21.9 Å². The highest BCUT2D eigenvalue weighted by molar-refractivity contribution is 5.74. The number of aromatic nitrogens is 6. The Morgan fingerprint density at radius 1 is 1.19 bits per heavy atom. The van der Waals surface area contributed by atoms with E-state index >= 15 is 0 Å². The fraction of sp³-hybridized carbons (Fsp3) is 0.429. The maximum absolute atomic E-state index is 13.4. The van der Waals surface area contributed by atoms with Crippen LogP contribution in [0.2, 0.25) is 0 Å². The number of aryl methyl sites for hydroxylation is 3. The summed E-state index contributed by atoms with van der Waals surface area (Å²) in [7, 11) is 3.52. The Bertz CT molecular complexity index is 1390. The normalized spacial score (nSPS) is 12.7. The smallest absolute Gasteiger partial charge is 0.332 e. The lowest BCUT2D eigenvalue weighted by atomic mass is 10.3. The molecule has 31 heavy (non-hydrogen) atoms. The monoisotopic (exact) mass is 424 g/mol. The standard InChI is InChI=1S/C21H28N8O2/c1-6-27-17-18(24-20(27)25(4)10-13(2)22)26(5)21(31)29(19(17)30)12-15-11-28-14(3)8-7-9-16(28)23-15/h7-9,11,13H,6,10,12,22H2,1-5H3. The van der Waals surface area contributed by atoms with E-state index in [1.165, 1.54) is 9.13 Å². The predicted molar refractivity (Wildman–Crippen MR) is 121 cm³/mol. The Morgan fingerprint density at radius 3 is 2.58 bits per heavy atom. The van der Waals surface area contributed by atoms with Crippen molar-refractivity contribution in [2.45, 2.75) is 39.9 Å². The lowest BCUT2D eigenvalue weighted by Crippen LogP contribution is -2.40. The number of imidazole rings is 2. The van der Waals surface area contributed by atoms with Gasteiger partial charge in [-0.1, -0.05) is 6.07 Å². The Balaban J connectivity index is 1.89. The molecule has 4 aromatic rings. The average Bonchev–Trinajstić information content (AvgIpc) is 3.31. The van der Waals surface area contributed by atoms with Crippen LogP contribution in [0, 0.1) is 6.92 Å². The molecule has 0 saturated carbocycles. The lowest BCUT2D eigenvalue weighted by Gasteiger charge is -2.20. The highest BCUT2D eigenvalue weighted by Crippen LogP contribution is 2.19. The minimum absolute atomic E-state index is 0.0610. The largest absolute Gasteiger partial charge is 0.344 e. The second-order valence-electron chi connectivity index (χ2n) is 8.05. The second kappa shape index (κ2) is 7.69. The third-order valence-electron chi connectivity index (χ3n) is 5.50. The van der Waals surface area contributed by atoms with Crippen LogP contribution in [0.15, 0.2) is 34.0 Å². The van der Waals surface area contributed by atoms with Crippen LogP contribution in [0.1, 0.15) is 25.2 Å².